The lowest BCUT2D eigenvalue weighted by atomic mass is 9.97. The number of anilines is 2. The molecule has 3 rings (SSSR count). The summed E-state index contributed by atoms with van der Waals surface area (Å²) in [5, 5.41) is 2.87. The minimum absolute atomic E-state index is 0.186. The van der Waals surface area contributed by atoms with E-state index in [1.54, 1.807) is 0 Å². The van der Waals surface area contributed by atoms with Crippen LogP contribution < -0.4 is 10.2 Å². The fourth-order valence-corrected chi connectivity index (χ4v) is 3.58. The van der Waals surface area contributed by atoms with Crippen LogP contribution in [0.5, 0.6) is 0 Å². The third-order valence-corrected chi connectivity index (χ3v) is 5.02. The van der Waals surface area contributed by atoms with E-state index in [1.165, 1.54) is 18.2 Å². The van der Waals surface area contributed by atoms with Crippen LogP contribution >= 0.6 is 15.9 Å². The van der Waals surface area contributed by atoms with Crippen LogP contribution in [-0.4, -0.2) is 18.5 Å². The first-order valence-corrected chi connectivity index (χ1v) is 8.74. The van der Waals surface area contributed by atoms with E-state index in [0.717, 1.165) is 27.9 Å². The minimum Gasteiger partial charge on any atom is -0.348 e. The molecule has 0 spiro atoms. The second kappa shape index (κ2) is 7.15. The van der Waals surface area contributed by atoms with Gasteiger partial charge < -0.3 is 10.2 Å². The summed E-state index contributed by atoms with van der Waals surface area (Å²) in [5.74, 6) is -0.280. The van der Waals surface area contributed by atoms with Gasteiger partial charge in [0.05, 0.1) is 11.6 Å². The SMILES string of the molecule is C=CC(=O)NC1Cc2c(Br)cccc2N(c2ccc(C(F)(F)F)cc2)C1. The van der Waals surface area contributed by atoms with Crippen molar-refractivity contribution in [1.82, 2.24) is 5.32 Å². The maximum Gasteiger partial charge on any atom is 0.416 e. The van der Waals surface area contributed by atoms with Crippen molar-refractivity contribution in [3.8, 4) is 0 Å². The van der Waals surface area contributed by atoms with Crippen molar-refractivity contribution in [2.45, 2.75) is 18.6 Å². The molecular formula is C19H16BrF3N2O. The highest BCUT2D eigenvalue weighted by Crippen LogP contribution is 2.38. The van der Waals surface area contributed by atoms with Crippen LogP contribution in [0, 0.1) is 0 Å². The van der Waals surface area contributed by atoms with E-state index in [-0.39, 0.29) is 11.9 Å². The van der Waals surface area contributed by atoms with Crippen LogP contribution in [-0.2, 0) is 17.4 Å². The summed E-state index contributed by atoms with van der Waals surface area (Å²) >= 11 is 3.52. The van der Waals surface area contributed by atoms with Gasteiger partial charge in [-0.25, -0.2) is 0 Å². The Bertz CT molecular complexity index is 834. The van der Waals surface area contributed by atoms with Crippen molar-refractivity contribution < 1.29 is 18.0 Å². The van der Waals surface area contributed by atoms with E-state index < -0.39 is 11.7 Å². The zero-order valence-corrected chi connectivity index (χ0v) is 15.3. The molecule has 2 aromatic rings. The average molecular weight is 425 g/mol. The van der Waals surface area contributed by atoms with Gasteiger partial charge in [0.15, 0.2) is 0 Å². The number of fused-ring (bicyclic) bond motifs is 1. The predicted molar refractivity (Wildman–Crippen MR) is 98.4 cm³/mol. The van der Waals surface area contributed by atoms with E-state index in [4.69, 9.17) is 0 Å². The number of carbonyl (C=O) groups is 1. The number of halogens is 4. The van der Waals surface area contributed by atoms with Gasteiger partial charge in [-0.2, -0.15) is 13.2 Å². The molecule has 0 aliphatic carbocycles. The van der Waals surface area contributed by atoms with Crippen molar-refractivity contribution in [3.05, 3.63) is 70.7 Å². The van der Waals surface area contributed by atoms with E-state index in [1.807, 2.05) is 23.1 Å². The van der Waals surface area contributed by atoms with Crippen LogP contribution in [0.4, 0.5) is 24.5 Å². The quantitative estimate of drug-likeness (QED) is 0.715. The largest absolute Gasteiger partial charge is 0.416 e. The van der Waals surface area contributed by atoms with Gasteiger partial charge in [0.25, 0.3) is 0 Å². The van der Waals surface area contributed by atoms with Gasteiger partial charge in [-0.3, -0.25) is 4.79 Å². The van der Waals surface area contributed by atoms with Crippen LogP contribution in [0.15, 0.2) is 59.6 Å². The van der Waals surface area contributed by atoms with Crippen LogP contribution in [0.25, 0.3) is 0 Å². The lowest BCUT2D eigenvalue weighted by molar-refractivity contribution is -0.137. The summed E-state index contributed by atoms with van der Waals surface area (Å²) in [4.78, 5) is 13.6. The Kier molecular flexibility index (Phi) is 5.09. The number of rotatable bonds is 3. The molecule has 26 heavy (non-hydrogen) atoms. The molecule has 0 fully saturated rings. The van der Waals surface area contributed by atoms with E-state index >= 15 is 0 Å². The molecule has 1 atom stereocenters. The first-order chi connectivity index (χ1) is 12.3. The molecule has 1 N–H and O–H groups in total. The van der Waals surface area contributed by atoms with Crippen molar-refractivity contribution in [2.24, 2.45) is 0 Å². The Morgan fingerprint density at radius 1 is 1.23 bits per heavy atom. The average Bonchev–Trinajstić information content (AvgIpc) is 2.61. The van der Waals surface area contributed by atoms with Gasteiger partial charge in [0.1, 0.15) is 0 Å². The molecule has 0 saturated carbocycles. The molecule has 7 heteroatoms. The summed E-state index contributed by atoms with van der Waals surface area (Å²) in [6.07, 6.45) is -2.55. The Morgan fingerprint density at radius 2 is 1.92 bits per heavy atom. The Balaban J connectivity index is 1.98. The zero-order chi connectivity index (χ0) is 18.9. The number of benzene rings is 2. The molecule has 0 saturated heterocycles. The third kappa shape index (κ3) is 3.77. The number of carbonyl (C=O) groups excluding carboxylic acids is 1. The molecule has 136 valence electrons. The smallest absolute Gasteiger partial charge is 0.348 e. The summed E-state index contributed by atoms with van der Waals surface area (Å²) in [7, 11) is 0. The van der Waals surface area contributed by atoms with Gasteiger partial charge in [-0.1, -0.05) is 28.6 Å². The highest BCUT2D eigenvalue weighted by atomic mass is 79.9. The van der Waals surface area contributed by atoms with Gasteiger partial charge in [0.2, 0.25) is 5.91 Å². The minimum atomic E-state index is -4.37. The maximum atomic E-state index is 12.8. The first-order valence-electron chi connectivity index (χ1n) is 7.94. The molecule has 1 amide bonds. The van der Waals surface area contributed by atoms with Crippen molar-refractivity contribution in [1.29, 1.82) is 0 Å². The van der Waals surface area contributed by atoms with Crippen molar-refractivity contribution >= 4 is 33.2 Å². The fourth-order valence-electron chi connectivity index (χ4n) is 3.06. The lowest BCUT2D eigenvalue weighted by Crippen LogP contribution is -2.46. The fraction of sp³-hybridized carbons (Fsp3) is 0.211. The van der Waals surface area contributed by atoms with Crippen LogP contribution in [0.1, 0.15) is 11.1 Å². The van der Waals surface area contributed by atoms with E-state index in [2.05, 4.69) is 27.8 Å². The zero-order valence-electron chi connectivity index (χ0n) is 13.7. The highest BCUT2D eigenvalue weighted by molar-refractivity contribution is 9.10. The van der Waals surface area contributed by atoms with Crippen molar-refractivity contribution in [3.63, 3.8) is 0 Å². The molecule has 1 unspecified atom stereocenters. The number of alkyl halides is 3. The molecule has 0 radical (unpaired) electrons. The number of hydrogen-bond donors (Lipinski definition) is 1. The molecule has 0 aromatic heterocycles. The standard InChI is InChI=1S/C19H16BrF3N2O/c1-2-18(26)24-13-10-15-16(20)4-3-5-17(15)25(11-13)14-8-6-12(7-9-14)19(21,22)23/h2-9,13H,1,10-11H2,(H,24,26). The monoisotopic (exact) mass is 424 g/mol. The predicted octanol–water partition coefficient (Wildman–Crippen LogP) is 4.83. The number of hydrogen-bond acceptors (Lipinski definition) is 2. The maximum absolute atomic E-state index is 12.8. The lowest BCUT2D eigenvalue weighted by Gasteiger charge is -2.37. The number of nitrogens with zero attached hydrogens (tertiary/aromatic N) is 1. The highest BCUT2D eigenvalue weighted by Gasteiger charge is 2.31. The Hall–Kier alpha value is -2.28. The summed E-state index contributed by atoms with van der Waals surface area (Å²) in [5.41, 5.74) is 1.84. The second-order valence-corrected chi connectivity index (χ2v) is 6.86. The van der Waals surface area contributed by atoms with Gasteiger partial charge in [-0.05, 0) is 54.5 Å². The number of nitrogens with one attached hydrogen (secondary N) is 1. The van der Waals surface area contributed by atoms with E-state index in [9.17, 15) is 18.0 Å². The van der Waals surface area contributed by atoms with E-state index in [0.29, 0.717) is 18.7 Å². The first kappa shape index (κ1) is 18.5. The van der Waals surface area contributed by atoms with Crippen LogP contribution in [0.3, 0.4) is 0 Å². The molecule has 2 aromatic carbocycles. The summed E-state index contributed by atoms with van der Waals surface area (Å²) in [6.45, 7) is 3.91. The van der Waals surface area contributed by atoms with Crippen LogP contribution in [0.2, 0.25) is 0 Å². The van der Waals surface area contributed by atoms with Gasteiger partial charge in [0, 0.05) is 22.4 Å². The van der Waals surface area contributed by atoms with Gasteiger partial charge in [-0.15, -0.1) is 0 Å². The normalized spacial score (nSPS) is 16.8. The molecular weight excluding hydrogens is 409 g/mol. The second-order valence-electron chi connectivity index (χ2n) is 6.01. The molecule has 0 bridgehead atoms. The molecule has 1 aliphatic rings. The topological polar surface area (TPSA) is 32.3 Å². The van der Waals surface area contributed by atoms with Gasteiger partial charge >= 0.3 is 6.18 Å². The Morgan fingerprint density at radius 3 is 2.54 bits per heavy atom. The summed E-state index contributed by atoms with van der Waals surface area (Å²) < 4.78 is 39.4. The molecule has 3 nitrogen and oxygen atoms in total. The molecule has 1 heterocycles. The molecule has 1 aliphatic heterocycles. The Labute approximate surface area is 157 Å². The third-order valence-electron chi connectivity index (χ3n) is 4.28. The van der Waals surface area contributed by atoms with Crippen molar-refractivity contribution in [2.75, 3.05) is 11.4 Å². The number of amides is 1. The summed E-state index contributed by atoms with van der Waals surface area (Å²) in [6, 6.07) is 10.6.